The lowest BCUT2D eigenvalue weighted by atomic mass is 9.91. The van der Waals surface area contributed by atoms with Crippen molar-refractivity contribution in [2.75, 3.05) is 19.6 Å². The van der Waals surface area contributed by atoms with Gasteiger partial charge in [0.1, 0.15) is 0 Å². The molecule has 0 aromatic heterocycles. The zero-order chi connectivity index (χ0) is 18.1. The Balaban J connectivity index is 1.48. The molecule has 1 saturated carbocycles. The Bertz CT molecular complexity index is 582. The Hall–Kier alpha value is -1.39. The van der Waals surface area contributed by atoms with Gasteiger partial charge in [-0.2, -0.15) is 0 Å². The quantitative estimate of drug-likeness (QED) is 0.863. The molecule has 1 aliphatic carbocycles. The third-order valence-electron chi connectivity index (χ3n) is 5.75. The minimum atomic E-state index is -0.385. The second-order valence-electron chi connectivity index (χ2n) is 8.87. The van der Waals surface area contributed by atoms with E-state index in [-0.39, 0.29) is 22.8 Å². The van der Waals surface area contributed by atoms with E-state index < -0.39 is 0 Å². The van der Waals surface area contributed by atoms with Crippen LogP contribution in [-0.2, 0) is 4.79 Å². The summed E-state index contributed by atoms with van der Waals surface area (Å²) in [6.45, 7) is 8.50. The average Bonchev–Trinajstić information content (AvgIpc) is 3.40. The van der Waals surface area contributed by atoms with Crippen molar-refractivity contribution >= 4 is 5.91 Å². The van der Waals surface area contributed by atoms with Gasteiger partial charge < -0.3 is 15.3 Å². The van der Waals surface area contributed by atoms with Crippen molar-refractivity contribution in [3.8, 4) is 0 Å². The number of piperidine rings is 1. The van der Waals surface area contributed by atoms with E-state index in [2.05, 4.69) is 5.32 Å². The molecule has 1 saturated heterocycles. The van der Waals surface area contributed by atoms with Gasteiger partial charge in [-0.15, -0.1) is 0 Å². The number of nitrogens with zero attached hydrogens (tertiary/aromatic N) is 1. The maximum absolute atomic E-state index is 12.4. The number of carbonyl (C=O) groups excluding carboxylic acids is 1. The van der Waals surface area contributed by atoms with Gasteiger partial charge in [0, 0.05) is 36.5 Å². The monoisotopic (exact) mass is 344 g/mol. The number of hydrogen-bond acceptors (Lipinski definition) is 3. The first-order chi connectivity index (χ1) is 11.8. The van der Waals surface area contributed by atoms with Gasteiger partial charge in [0.05, 0.1) is 6.10 Å². The minimum absolute atomic E-state index is 0.000281. The number of nitrogens with one attached hydrogen (secondary N) is 1. The molecule has 2 aliphatic rings. The van der Waals surface area contributed by atoms with Crippen LogP contribution in [0.3, 0.4) is 0 Å². The van der Waals surface area contributed by atoms with Gasteiger partial charge in [-0.1, -0.05) is 51.1 Å². The highest BCUT2D eigenvalue weighted by Crippen LogP contribution is 2.54. The number of hydrogen-bond donors (Lipinski definition) is 2. The van der Waals surface area contributed by atoms with Crippen LogP contribution in [0.25, 0.3) is 0 Å². The number of aliphatic hydroxyl groups is 1. The standard InChI is InChI=1S/C21H32N2O2/c1-20(2,3)19(25)23-13-9-17(10-14-23)22-15-21(11-12-21)18(24)16-7-5-4-6-8-16/h4-8,17-18,22,24H,9-15H2,1-3H3. The molecule has 1 aromatic rings. The maximum atomic E-state index is 12.4. The van der Waals surface area contributed by atoms with Gasteiger partial charge in [0.15, 0.2) is 0 Å². The first-order valence-electron chi connectivity index (χ1n) is 9.58. The summed E-state index contributed by atoms with van der Waals surface area (Å²) in [6.07, 6.45) is 3.77. The molecule has 1 amide bonds. The number of rotatable bonds is 5. The van der Waals surface area contributed by atoms with E-state index >= 15 is 0 Å². The molecule has 2 fully saturated rings. The molecule has 0 bridgehead atoms. The molecule has 1 aliphatic heterocycles. The normalized spacial score (nSPS) is 21.8. The lowest BCUT2D eigenvalue weighted by molar-refractivity contribution is -0.140. The lowest BCUT2D eigenvalue weighted by Crippen LogP contribution is -2.49. The van der Waals surface area contributed by atoms with E-state index in [1.165, 1.54) is 0 Å². The molecule has 1 aromatic carbocycles. The van der Waals surface area contributed by atoms with Crippen LogP contribution >= 0.6 is 0 Å². The third kappa shape index (κ3) is 4.24. The molecule has 138 valence electrons. The first-order valence-corrected chi connectivity index (χ1v) is 9.58. The van der Waals surface area contributed by atoms with Crippen molar-refractivity contribution in [1.82, 2.24) is 10.2 Å². The fraction of sp³-hybridized carbons (Fsp3) is 0.667. The van der Waals surface area contributed by atoms with E-state index in [0.29, 0.717) is 6.04 Å². The number of amides is 1. The molecule has 4 nitrogen and oxygen atoms in total. The predicted molar refractivity (Wildman–Crippen MR) is 100 cm³/mol. The summed E-state index contributed by atoms with van der Waals surface area (Å²) < 4.78 is 0. The van der Waals surface area contributed by atoms with Crippen molar-refractivity contribution in [1.29, 1.82) is 0 Å². The van der Waals surface area contributed by atoms with Gasteiger partial charge >= 0.3 is 0 Å². The second-order valence-corrected chi connectivity index (χ2v) is 8.87. The van der Waals surface area contributed by atoms with Gasteiger partial charge in [-0.3, -0.25) is 4.79 Å². The van der Waals surface area contributed by atoms with Crippen LogP contribution in [0.2, 0.25) is 0 Å². The van der Waals surface area contributed by atoms with Gasteiger partial charge in [-0.05, 0) is 31.2 Å². The van der Waals surface area contributed by atoms with E-state index in [0.717, 1.165) is 50.9 Å². The summed E-state index contributed by atoms with van der Waals surface area (Å²) in [4.78, 5) is 14.4. The number of carbonyl (C=O) groups is 1. The summed E-state index contributed by atoms with van der Waals surface area (Å²) in [5, 5.41) is 14.4. The largest absolute Gasteiger partial charge is 0.388 e. The molecular formula is C21H32N2O2. The Labute approximate surface area is 151 Å². The molecule has 1 heterocycles. The molecule has 3 rings (SSSR count). The molecular weight excluding hydrogens is 312 g/mol. The van der Waals surface area contributed by atoms with Crippen molar-refractivity contribution in [2.24, 2.45) is 10.8 Å². The Morgan fingerprint density at radius 1 is 1.24 bits per heavy atom. The average molecular weight is 344 g/mol. The topological polar surface area (TPSA) is 52.6 Å². The van der Waals surface area contributed by atoms with Crippen LogP contribution in [0.5, 0.6) is 0 Å². The fourth-order valence-electron chi connectivity index (χ4n) is 3.80. The zero-order valence-electron chi connectivity index (χ0n) is 15.8. The molecule has 1 unspecified atom stereocenters. The van der Waals surface area contributed by atoms with Crippen molar-refractivity contribution < 1.29 is 9.90 Å². The summed E-state index contributed by atoms with van der Waals surface area (Å²) in [6, 6.07) is 10.4. The van der Waals surface area contributed by atoms with Crippen LogP contribution in [0.15, 0.2) is 30.3 Å². The molecule has 25 heavy (non-hydrogen) atoms. The number of benzene rings is 1. The smallest absolute Gasteiger partial charge is 0.227 e. The Morgan fingerprint density at radius 3 is 2.36 bits per heavy atom. The summed E-state index contributed by atoms with van der Waals surface area (Å²) in [7, 11) is 0. The molecule has 0 radical (unpaired) electrons. The van der Waals surface area contributed by atoms with E-state index in [4.69, 9.17) is 0 Å². The van der Waals surface area contributed by atoms with E-state index in [1.807, 2.05) is 56.0 Å². The van der Waals surface area contributed by atoms with E-state index in [1.54, 1.807) is 0 Å². The Kier molecular flexibility index (Phi) is 5.21. The molecule has 1 atom stereocenters. The van der Waals surface area contributed by atoms with Crippen LogP contribution in [-0.4, -0.2) is 41.6 Å². The lowest BCUT2D eigenvalue weighted by Gasteiger charge is -2.37. The summed E-state index contributed by atoms with van der Waals surface area (Å²) >= 11 is 0. The van der Waals surface area contributed by atoms with Crippen LogP contribution < -0.4 is 5.32 Å². The van der Waals surface area contributed by atoms with Crippen molar-refractivity contribution in [3.05, 3.63) is 35.9 Å². The van der Waals surface area contributed by atoms with Gasteiger partial charge in [0.2, 0.25) is 5.91 Å². The maximum Gasteiger partial charge on any atom is 0.227 e. The van der Waals surface area contributed by atoms with Gasteiger partial charge in [-0.25, -0.2) is 0 Å². The van der Waals surface area contributed by atoms with Gasteiger partial charge in [0.25, 0.3) is 0 Å². The fourth-order valence-corrected chi connectivity index (χ4v) is 3.80. The van der Waals surface area contributed by atoms with Crippen LogP contribution in [0, 0.1) is 10.8 Å². The molecule has 4 heteroatoms. The second kappa shape index (κ2) is 7.08. The highest BCUT2D eigenvalue weighted by atomic mass is 16.3. The van der Waals surface area contributed by atoms with Crippen LogP contribution in [0.1, 0.15) is 58.1 Å². The molecule has 2 N–H and O–H groups in total. The number of likely N-dealkylation sites (tertiary alicyclic amines) is 1. The Morgan fingerprint density at radius 2 is 1.84 bits per heavy atom. The van der Waals surface area contributed by atoms with Crippen LogP contribution in [0.4, 0.5) is 0 Å². The zero-order valence-corrected chi connectivity index (χ0v) is 15.8. The van der Waals surface area contributed by atoms with E-state index in [9.17, 15) is 9.90 Å². The minimum Gasteiger partial charge on any atom is -0.388 e. The third-order valence-corrected chi connectivity index (χ3v) is 5.75. The summed E-state index contributed by atoms with van der Waals surface area (Å²) in [5.41, 5.74) is 0.727. The SMILES string of the molecule is CC(C)(C)C(=O)N1CCC(NCC2(C(O)c3ccccc3)CC2)CC1. The summed E-state index contributed by atoms with van der Waals surface area (Å²) in [5.74, 6) is 0.254. The highest BCUT2D eigenvalue weighted by Gasteiger charge is 2.49. The highest BCUT2D eigenvalue weighted by molar-refractivity contribution is 5.81. The molecule has 0 spiro atoms. The first kappa shape index (κ1) is 18.4. The van der Waals surface area contributed by atoms with Crippen molar-refractivity contribution in [3.63, 3.8) is 0 Å². The van der Waals surface area contributed by atoms with Crippen molar-refractivity contribution in [2.45, 2.75) is 58.6 Å². The predicted octanol–water partition coefficient (Wildman–Crippen LogP) is 3.13. The number of aliphatic hydroxyl groups excluding tert-OH is 1.